The number of carbonyl (C=O) groups is 2. The predicted octanol–water partition coefficient (Wildman–Crippen LogP) is 0.156. The standard InChI is InChI=1S/C19H26N2O5/c1-25-14-6-7-17(26-2)15(11-14)21-18(23)12-16(19(21)24)20-9-4-3-5-13(20)8-10-22/h6-7,11,13,16,22H,3-5,8-10,12H2,1-2H3/p+1/t13-,16+/m0/s1. The molecule has 0 spiro atoms. The summed E-state index contributed by atoms with van der Waals surface area (Å²) in [6, 6.07) is 4.92. The lowest BCUT2D eigenvalue weighted by Gasteiger charge is -2.35. The number of nitrogens with one attached hydrogen (secondary N) is 1. The van der Waals surface area contributed by atoms with Crippen LogP contribution in [0.4, 0.5) is 5.69 Å². The molecular weight excluding hydrogens is 336 g/mol. The van der Waals surface area contributed by atoms with E-state index in [4.69, 9.17) is 9.47 Å². The molecule has 3 atom stereocenters. The third-order valence-corrected chi connectivity index (χ3v) is 5.49. The number of likely N-dealkylation sites (tertiary alicyclic amines) is 1. The molecule has 1 aromatic carbocycles. The number of benzene rings is 1. The molecule has 0 aliphatic carbocycles. The second-order valence-corrected chi connectivity index (χ2v) is 6.89. The fourth-order valence-corrected chi connectivity index (χ4v) is 4.20. The number of rotatable bonds is 6. The van der Waals surface area contributed by atoms with Gasteiger partial charge in [0.2, 0.25) is 5.91 Å². The molecule has 2 aliphatic rings. The van der Waals surface area contributed by atoms with Crippen LogP contribution >= 0.6 is 0 Å². The lowest BCUT2D eigenvalue weighted by Crippen LogP contribution is -3.20. The van der Waals surface area contributed by atoms with Crippen LogP contribution in [0.15, 0.2) is 18.2 Å². The Balaban J connectivity index is 1.89. The van der Waals surface area contributed by atoms with Crippen LogP contribution in [0.25, 0.3) is 0 Å². The Kier molecular flexibility index (Phi) is 5.78. The lowest BCUT2D eigenvalue weighted by atomic mass is 9.97. The zero-order chi connectivity index (χ0) is 18.7. The van der Waals surface area contributed by atoms with Crippen molar-refractivity contribution in [3.8, 4) is 11.5 Å². The van der Waals surface area contributed by atoms with Crippen LogP contribution in [-0.2, 0) is 9.59 Å². The molecule has 7 nitrogen and oxygen atoms in total. The summed E-state index contributed by atoms with van der Waals surface area (Å²) in [4.78, 5) is 28.2. The average molecular weight is 363 g/mol. The first kappa shape index (κ1) is 18.7. The van der Waals surface area contributed by atoms with Gasteiger partial charge in [0.25, 0.3) is 5.91 Å². The van der Waals surface area contributed by atoms with Crippen LogP contribution in [-0.4, -0.2) is 56.4 Å². The molecule has 0 bridgehead atoms. The van der Waals surface area contributed by atoms with Gasteiger partial charge < -0.3 is 19.5 Å². The molecule has 142 valence electrons. The van der Waals surface area contributed by atoms with Gasteiger partial charge in [-0.15, -0.1) is 0 Å². The summed E-state index contributed by atoms with van der Waals surface area (Å²) in [6.07, 6.45) is 3.98. The number of aliphatic hydroxyl groups is 1. The van der Waals surface area contributed by atoms with E-state index in [-0.39, 0.29) is 30.9 Å². The molecule has 2 heterocycles. The average Bonchev–Trinajstić information content (AvgIpc) is 2.96. The predicted molar refractivity (Wildman–Crippen MR) is 95.6 cm³/mol. The number of quaternary nitrogens is 1. The molecule has 3 rings (SSSR count). The van der Waals surface area contributed by atoms with Gasteiger partial charge in [0, 0.05) is 19.1 Å². The molecule has 0 saturated carbocycles. The summed E-state index contributed by atoms with van der Waals surface area (Å²) >= 11 is 0. The maximum atomic E-state index is 13.2. The number of ether oxygens (including phenoxy) is 2. The number of hydrogen-bond acceptors (Lipinski definition) is 5. The number of hydrogen-bond donors (Lipinski definition) is 2. The summed E-state index contributed by atoms with van der Waals surface area (Å²) < 4.78 is 10.6. The third-order valence-electron chi connectivity index (χ3n) is 5.49. The van der Waals surface area contributed by atoms with E-state index in [0.29, 0.717) is 23.6 Å². The number of aliphatic hydroxyl groups excluding tert-OH is 1. The fourth-order valence-electron chi connectivity index (χ4n) is 4.20. The van der Waals surface area contributed by atoms with Gasteiger partial charge in [-0.25, -0.2) is 4.90 Å². The summed E-state index contributed by atoms with van der Waals surface area (Å²) in [5.74, 6) is 0.621. The normalized spacial score (nSPS) is 26.3. The smallest absolute Gasteiger partial charge is 0.292 e. The first-order valence-electron chi connectivity index (χ1n) is 9.16. The highest BCUT2D eigenvalue weighted by Gasteiger charge is 2.48. The van der Waals surface area contributed by atoms with Crippen molar-refractivity contribution in [2.75, 3.05) is 32.3 Å². The minimum absolute atomic E-state index is 0.108. The van der Waals surface area contributed by atoms with Gasteiger partial charge in [-0.1, -0.05) is 0 Å². The number of carbonyl (C=O) groups excluding carboxylic acids is 2. The summed E-state index contributed by atoms with van der Waals surface area (Å²) in [7, 11) is 3.06. The van der Waals surface area contributed by atoms with E-state index in [0.717, 1.165) is 30.7 Å². The van der Waals surface area contributed by atoms with Crippen molar-refractivity contribution in [3.05, 3.63) is 18.2 Å². The minimum Gasteiger partial charge on any atom is -0.497 e. The summed E-state index contributed by atoms with van der Waals surface area (Å²) in [5, 5.41) is 9.35. The molecular formula is C19H27N2O5+. The Labute approximate surface area is 153 Å². The van der Waals surface area contributed by atoms with Crippen LogP contribution in [0.1, 0.15) is 32.1 Å². The second kappa shape index (κ2) is 8.05. The zero-order valence-corrected chi connectivity index (χ0v) is 15.4. The number of imide groups is 1. The monoisotopic (exact) mass is 363 g/mol. The maximum absolute atomic E-state index is 13.2. The third kappa shape index (κ3) is 3.41. The molecule has 26 heavy (non-hydrogen) atoms. The van der Waals surface area contributed by atoms with Gasteiger partial charge in [0.05, 0.1) is 38.9 Å². The Morgan fingerprint density at radius 1 is 1.23 bits per heavy atom. The molecule has 2 saturated heterocycles. The van der Waals surface area contributed by atoms with Crippen molar-refractivity contribution < 1.29 is 29.1 Å². The van der Waals surface area contributed by atoms with Gasteiger partial charge in [0.15, 0.2) is 6.04 Å². The first-order valence-corrected chi connectivity index (χ1v) is 9.16. The largest absolute Gasteiger partial charge is 0.497 e. The highest BCUT2D eigenvalue weighted by molar-refractivity contribution is 6.22. The number of methoxy groups -OCH3 is 2. The van der Waals surface area contributed by atoms with E-state index in [1.165, 1.54) is 12.0 Å². The topological polar surface area (TPSA) is 80.5 Å². The van der Waals surface area contributed by atoms with E-state index in [1.54, 1.807) is 25.3 Å². The fraction of sp³-hybridized carbons (Fsp3) is 0.579. The van der Waals surface area contributed by atoms with Crippen LogP contribution in [0.5, 0.6) is 11.5 Å². The Morgan fingerprint density at radius 2 is 2.04 bits per heavy atom. The highest BCUT2D eigenvalue weighted by atomic mass is 16.5. The number of nitrogens with zero attached hydrogens (tertiary/aromatic N) is 1. The van der Waals surface area contributed by atoms with Gasteiger partial charge in [0.1, 0.15) is 11.5 Å². The summed E-state index contributed by atoms with van der Waals surface area (Å²) in [5.41, 5.74) is 0.430. The van der Waals surface area contributed by atoms with E-state index in [1.807, 2.05) is 0 Å². The second-order valence-electron chi connectivity index (χ2n) is 6.89. The molecule has 0 aromatic heterocycles. The van der Waals surface area contributed by atoms with E-state index in [9.17, 15) is 14.7 Å². The van der Waals surface area contributed by atoms with Crippen molar-refractivity contribution in [2.24, 2.45) is 0 Å². The minimum atomic E-state index is -0.393. The summed E-state index contributed by atoms with van der Waals surface area (Å²) in [6.45, 7) is 0.966. The quantitative estimate of drug-likeness (QED) is 0.704. The van der Waals surface area contributed by atoms with Crippen molar-refractivity contribution in [3.63, 3.8) is 0 Å². The van der Waals surface area contributed by atoms with Crippen LogP contribution in [0.3, 0.4) is 0 Å². The van der Waals surface area contributed by atoms with Crippen molar-refractivity contribution in [1.82, 2.24) is 0 Å². The van der Waals surface area contributed by atoms with Crippen molar-refractivity contribution in [1.29, 1.82) is 0 Å². The molecule has 2 aliphatic heterocycles. The van der Waals surface area contributed by atoms with Gasteiger partial charge in [-0.05, 0) is 31.4 Å². The zero-order valence-electron chi connectivity index (χ0n) is 15.4. The number of anilines is 1. The van der Waals surface area contributed by atoms with Crippen molar-refractivity contribution in [2.45, 2.75) is 44.2 Å². The van der Waals surface area contributed by atoms with Gasteiger partial charge in [-0.3, -0.25) is 9.59 Å². The highest BCUT2D eigenvalue weighted by Crippen LogP contribution is 2.35. The number of piperidine rings is 1. The van der Waals surface area contributed by atoms with Crippen LogP contribution in [0, 0.1) is 0 Å². The molecule has 7 heteroatoms. The SMILES string of the molecule is COc1ccc(OC)c(N2C(=O)C[C@@H]([NH+]3CCCC[C@H]3CCO)C2=O)c1. The first-order chi connectivity index (χ1) is 12.6. The molecule has 2 amide bonds. The molecule has 1 aromatic rings. The van der Waals surface area contributed by atoms with Gasteiger partial charge in [-0.2, -0.15) is 0 Å². The van der Waals surface area contributed by atoms with Gasteiger partial charge >= 0.3 is 0 Å². The molecule has 1 unspecified atom stereocenters. The molecule has 2 N–H and O–H groups in total. The van der Waals surface area contributed by atoms with E-state index in [2.05, 4.69) is 0 Å². The Bertz CT molecular complexity index is 676. The number of amides is 2. The maximum Gasteiger partial charge on any atom is 0.292 e. The van der Waals surface area contributed by atoms with E-state index >= 15 is 0 Å². The van der Waals surface area contributed by atoms with Crippen LogP contribution in [0.2, 0.25) is 0 Å². The molecule has 0 radical (unpaired) electrons. The lowest BCUT2D eigenvalue weighted by molar-refractivity contribution is -0.945. The Morgan fingerprint density at radius 3 is 2.73 bits per heavy atom. The van der Waals surface area contributed by atoms with E-state index < -0.39 is 6.04 Å². The molecule has 2 fully saturated rings. The van der Waals surface area contributed by atoms with Crippen molar-refractivity contribution >= 4 is 17.5 Å². The Hall–Kier alpha value is -2.12. The van der Waals surface area contributed by atoms with Crippen LogP contribution < -0.4 is 19.3 Å².